The Morgan fingerprint density at radius 2 is 1.46 bits per heavy atom. The number of carbonyl (C=O) groups excluding carboxylic acids is 1. The molecule has 0 heterocycles. The number of sulfonamides is 1. The molecule has 3 aromatic rings. The van der Waals surface area contributed by atoms with Gasteiger partial charge in [0.15, 0.2) is 0 Å². The minimum Gasteiger partial charge on any atom is -0.497 e. The summed E-state index contributed by atoms with van der Waals surface area (Å²) in [4.78, 5) is 11.9. The lowest BCUT2D eigenvalue weighted by atomic mass is 9.94. The Balaban J connectivity index is 2.17. The number of primary amides is 1. The number of rotatable bonds is 5. The SMILES string of the molecule is COc1ccc(-c2cc(C(N)=O)c(N)c(-c3ccc(S(N)(=O)=O)cc3)c2)cc1. The average molecular weight is 397 g/mol. The number of amides is 1. The van der Waals surface area contributed by atoms with Crippen LogP contribution in [0.4, 0.5) is 5.69 Å². The van der Waals surface area contributed by atoms with Gasteiger partial charge in [-0.1, -0.05) is 24.3 Å². The van der Waals surface area contributed by atoms with E-state index in [1.807, 2.05) is 18.2 Å². The van der Waals surface area contributed by atoms with Crippen LogP contribution in [0.3, 0.4) is 0 Å². The average Bonchev–Trinajstić information content (AvgIpc) is 2.67. The fraction of sp³-hybridized carbons (Fsp3) is 0.0500. The summed E-state index contributed by atoms with van der Waals surface area (Å²) in [7, 11) is -2.23. The smallest absolute Gasteiger partial charge is 0.250 e. The first kappa shape index (κ1) is 19.4. The van der Waals surface area contributed by atoms with Gasteiger partial charge in [0.1, 0.15) is 5.75 Å². The third-order valence-electron chi connectivity index (χ3n) is 4.36. The summed E-state index contributed by atoms with van der Waals surface area (Å²) in [6.07, 6.45) is 0. The molecule has 0 radical (unpaired) electrons. The maximum absolute atomic E-state index is 11.9. The molecule has 0 saturated carbocycles. The number of benzene rings is 3. The standard InChI is InChI=1S/C20H19N3O4S/c1-27-15-6-2-12(3-7-15)14-10-17(19(21)18(11-14)20(22)24)13-4-8-16(9-5-13)28(23,25)26/h2-11H,21H2,1H3,(H2,22,24)(H2,23,25,26). The van der Waals surface area contributed by atoms with Crippen molar-refractivity contribution in [3.05, 3.63) is 66.2 Å². The van der Waals surface area contributed by atoms with Crippen molar-refractivity contribution in [2.24, 2.45) is 10.9 Å². The van der Waals surface area contributed by atoms with Gasteiger partial charge in [-0.25, -0.2) is 13.6 Å². The number of methoxy groups -OCH3 is 1. The van der Waals surface area contributed by atoms with Gasteiger partial charge in [0.2, 0.25) is 10.0 Å². The van der Waals surface area contributed by atoms with E-state index in [9.17, 15) is 13.2 Å². The second kappa shape index (κ2) is 7.34. The molecule has 0 aliphatic carbocycles. The van der Waals surface area contributed by atoms with E-state index in [-0.39, 0.29) is 16.1 Å². The van der Waals surface area contributed by atoms with Crippen molar-refractivity contribution in [1.29, 1.82) is 0 Å². The van der Waals surface area contributed by atoms with Gasteiger partial charge in [0.05, 0.1) is 23.3 Å². The number of nitrogens with two attached hydrogens (primary N) is 3. The zero-order valence-electron chi connectivity index (χ0n) is 15.0. The molecule has 8 heteroatoms. The Labute approximate surface area is 162 Å². The van der Waals surface area contributed by atoms with Gasteiger partial charge in [-0.3, -0.25) is 4.79 Å². The molecule has 3 aromatic carbocycles. The number of carbonyl (C=O) groups is 1. The van der Waals surface area contributed by atoms with E-state index in [2.05, 4.69) is 0 Å². The van der Waals surface area contributed by atoms with E-state index in [1.54, 1.807) is 37.4 Å². The lowest BCUT2D eigenvalue weighted by molar-refractivity contribution is 0.100. The molecule has 7 nitrogen and oxygen atoms in total. The summed E-state index contributed by atoms with van der Waals surface area (Å²) in [5.74, 6) is 0.0448. The zero-order chi connectivity index (χ0) is 20.5. The highest BCUT2D eigenvalue weighted by molar-refractivity contribution is 7.89. The normalized spacial score (nSPS) is 11.2. The fourth-order valence-electron chi connectivity index (χ4n) is 2.87. The summed E-state index contributed by atoms with van der Waals surface area (Å²) in [5.41, 5.74) is 14.8. The van der Waals surface area contributed by atoms with Gasteiger partial charge in [-0.05, 0) is 53.1 Å². The van der Waals surface area contributed by atoms with Crippen molar-refractivity contribution in [2.45, 2.75) is 4.90 Å². The van der Waals surface area contributed by atoms with Gasteiger partial charge in [0.25, 0.3) is 5.91 Å². The van der Waals surface area contributed by atoms with Crippen LogP contribution in [0, 0.1) is 0 Å². The van der Waals surface area contributed by atoms with Crippen molar-refractivity contribution < 1.29 is 17.9 Å². The summed E-state index contributed by atoms with van der Waals surface area (Å²) in [6.45, 7) is 0. The van der Waals surface area contributed by atoms with Crippen LogP contribution in [-0.4, -0.2) is 21.4 Å². The van der Waals surface area contributed by atoms with E-state index in [0.717, 1.165) is 11.1 Å². The monoisotopic (exact) mass is 397 g/mol. The third kappa shape index (κ3) is 3.83. The van der Waals surface area contributed by atoms with Crippen LogP contribution in [0.1, 0.15) is 10.4 Å². The molecule has 0 atom stereocenters. The predicted octanol–water partition coefficient (Wildman–Crippen LogP) is 2.36. The van der Waals surface area contributed by atoms with Gasteiger partial charge < -0.3 is 16.2 Å². The summed E-state index contributed by atoms with van der Waals surface area (Å²) in [6, 6.07) is 16.7. The first-order valence-electron chi connectivity index (χ1n) is 8.21. The number of nitrogen functional groups attached to an aromatic ring is 1. The Hall–Kier alpha value is -3.36. The van der Waals surface area contributed by atoms with E-state index in [0.29, 0.717) is 16.9 Å². The van der Waals surface area contributed by atoms with Gasteiger partial charge in [-0.2, -0.15) is 0 Å². The molecular weight excluding hydrogens is 378 g/mol. The van der Waals surface area contributed by atoms with Gasteiger partial charge in [-0.15, -0.1) is 0 Å². The zero-order valence-corrected chi connectivity index (χ0v) is 15.9. The number of hydrogen-bond donors (Lipinski definition) is 3. The highest BCUT2D eigenvalue weighted by Crippen LogP contribution is 2.35. The molecule has 0 fully saturated rings. The van der Waals surface area contributed by atoms with Crippen molar-refractivity contribution in [1.82, 2.24) is 0 Å². The van der Waals surface area contributed by atoms with Crippen LogP contribution in [0.15, 0.2) is 65.6 Å². The molecule has 0 unspecified atom stereocenters. The molecule has 1 amide bonds. The van der Waals surface area contributed by atoms with Crippen LogP contribution in [-0.2, 0) is 10.0 Å². The number of ether oxygens (including phenoxy) is 1. The van der Waals surface area contributed by atoms with E-state index in [1.165, 1.54) is 12.1 Å². The van der Waals surface area contributed by atoms with Crippen LogP contribution in [0.2, 0.25) is 0 Å². The fourth-order valence-corrected chi connectivity index (χ4v) is 3.39. The second-order valence-electron chi connectivity index (χ2n) is 6.15. The number of anilines is 1. The largest absolute Gasteiger partial charge is 0.497 e. The Morgan fingerprint density at radius 3 is 1.96 bits per heavy atom. The molecule has 3 rings (SSSR count). The lowest BCUT2D eigenvalue weighted by Gasteiger charge is -2.14. The molecule has 0 aliphatic rings. The molecule has 0 aromatic heterocycles. The Kier molecular flexibility index (Phi) is 5.08. The lowest BCUT2D eigenvalue weighted by Crippen LogP contribution is -2.14. The summed E-state index contributed by atoms with van der Waals surface area (Å²) < 4.78 is 28.1. The quantitative estimate of drug-likeness (QED) is 0.567. The molecule has 0 bridgehead atoms. The maximum atomic E-state index is 11.9. The highest BCUT2D eigenvalue weighted by atomic mass is 32.2. The first-order valence-corrected chi connectivity index (χ1v) is 9.76. The van der Waals surface area contributed by atoms with Crippen molar-refractivity contribution in [3.8, 4) is 28.0 Å². The van der Waals surface area contributed by atoms with Crippen LogP contribution >= 0.6 is 0 Å². The van der Waals surface area contributed by atoms with Crippen molar-refractivity contribution in [2.75, 3.05) is 12.8 Å². The van der Waals surface area contributed by atoms with Crippen LogP contribution in [0.5, 0.6) is 5.75 Å². The Morgan fingerprint density at radius 1 is 0.893 bits per heavy atom. The minimum atomic E-state index is -3.81. The van der Waals surface area contributed by atoms with Crippen molar-refractivity contribution >= 4 is 21.6 Å². The van der Waals surface area contributed by atoms with E-state index >= 15 is 0 Å². The Bertz CT molecular complexity index is 1140. The second-order valence-corrected chi connectivity index (χ2v) is 7.71. The minimum absolute atomic E-state index is 0.0174. The molecule has 0 saturated heterocycles. The first-order chi connectivity index (χ1) is 13.2. The molecule has 144 valence electrons. The summed E-state index contributed by atoms with van der Waals surface area (Å²) in [5, 5.41) is 5.14. The van der Waals surface area contributed by atoms with E-state index in [4.69, 9.17) is 21.3 Å². The number of hydrogen-bond acceptors (Lipinski definition) is 5. The van der Waals surface area contributed by atoms with Gasteiger partial charge >= 0.3 is 0 Å². The summed E-state index contributed by atoms with van der Waals surface area (Å²) >= 11 is 0. The van der Waals surface area contributed by atoms with E-state index < -0.39 is 15.9 Å². The van der Waals surface area contributed by atoms with Crippen molar-refractivity contribution in [3.63, 3.8) is 0 Å². The van der Waals surface area contributed by atoms with Gasteiger partial charge in [0, 0.05) is 5.56 Å². The van der Waals surface area contributed by atoms with Crippen LogP contribution < -0.4 is 21.3 Å². The van der Waals surface area contributed by atoms with Crippen LogP contribution in [0.25, 0.3) is 22.3 Å². The maximum Gasteiger partial charge on any atom is 0.250 e. The molecule has 0 aliphatic heterocycles. The third-order valence-corrected chi connectivity index (χ3v) is 5.29. The highest BCUT2D eigenvalue weighted by Gasteiger charge is 2.16. The molecular formula is C20H19N3O4S. The predicted molar refractivity (Wildman–Crippen MR) is 108 cm³/mol. The number of primary sulfonamides is 1. The molecule has 6 N–H and O–H groups in total. The molecule has 28 heavy (non-hydrogen) atoms. The topological polar surface area (TPSA) is 138 Å². The molecule has 0 spiro atoms.